The topological polar surface area (TPSA) is 78.0 Å². The van der Waals surface area contributed by atoms with Gasteiger partial charge < -0.3 is 4.90 Å². The average molecular weight is 476 g/mol. The van der Waals surface area contributed by atoms with Crippen molar-refractivity contribution in [3.63, 3.8) is 0 Å². The van der Waals surface area contributed by atoms with Crippen molar-refractivity contribution in [2.45, 2.75) is 19.3 Å². The summed E-state index contributed by atoms with van der Waals surface area (Å²) < 4.78 is 0. The molecule has 0 radical (unpaired) electrons. The van der Waals surface area contributed by atoms with Crippen molar-refractivity contribution < 1.29 is 19.2 Å². The van der Waals surface area contributed by atoms with Gasteiger partial charge in [-0.3, -0.25) is 19.2 Å². The van der Waals surface area contributed by atoms with E-state index in [1.165, 1.54) is 6.42 Å². The lowest BCUT2D eigenvalue weighted by Gasteiger charge is -2.37. The third-order valence-corrected chi connectivity index (χ3v) is 7.51. The van der Waals surface area contributed by atoms with Gasteiger partial charge in [-0.25, -0.2) is 0 Å². The monoisotopic (exact) mass is 475 g/mol. The second-order valence-electron chi connectivity index (χ2n) is 9.46. The molecule has 7 nitrogen and oxygen atoms in total. The van der Waals surface area contributed by atoms with Crippen molar-refractivity contribution in [3.05, 3.63) is 89.0 Å². The van der Waals surface area contributed by atoms with Gasteiger partial charge in [0.15, 0.2) is 0 Å². The third kappa shape index (κ3) is 2.68. The molecule has 1 saturated heterocycles. The van der Waals surface area contributed by atoms with Crippen LogP contribution in [0.2, 0.25) is 0 Å². The summed E-state index contributed by atoms with van der Waals surface area (Å²) in [7, 11) is 0. The summed E-state index contributed by atoms with van der Waals surface area (Å²) in [6.07, 6.45) is 3.39. The van der Waals surface area contributed by atoms with Gasteiger partial charge in [0.25, 0.3) is 23.6 Å². The Bertz CT molecular complexity index is 1600. The van der Waals surface area contributed by atoms with Gasteiger partial charge in [0.2, 0.25) is 0 Å². The highest BCUT2D eigenvalue weighted by atomic mass is 16.2. The van der Waals surface area contributed by atoms with Gasteiger partial charge in [-0.1, -0.05) is 36.4 Å². The molecule has 4 amide bonds. The van der Waals surface area contributed by atoms with Crippen LogP contribution in [0, 0.1) is 0 Å². The zero-order chi connectivity index (χ0) is 24.6. The molecule has 4 aromatic rings. The molecular weight excluding hydrogens is 454 g/mol. The maximum absolute atomic E-state index is 13.8. The lowest BCUT2D eigenvalue weighted by atomic mass is 9.92. The number of piperidine rings is 1. The summed E-state index contributed by atoms with van der Waals surface area (Å²) in [5.41, 5.74) is 2.17. The molecule has 4 aromatic carbocycles. The van der Waals surface area contributed by atoms with Crippen LogP contribution in [0.1, 0.15) is 60.7 Å². The molecule has 0 spiro atoms. The smallest absolute Gasteiger partial charge is 0.281 e. The molecule has 3 aliphatic rings. The van der Waals surface area contributed by atoms with Crippen LogP contribution in [0.25, 0.3) is 21.5 Å². The van der Waals surface area contributed by atoms with E-state index < -0.39 is 23.6 Å². The molecule has 7 heteroatoms. The van der Waals surface area contributed by atoms with Gasteiger partial charge >= 0.3 is 0 Å². The van der Waals surface area contributed by atoms with Crippen LogP contribution in [0.4, 0.5) is 5.69 Å². The van der Waals surface area contributed by atoms with Crippen molar-refractivity contribution in [1.82, 2.24) is 10.0 Å². The quantitative estimate of drug-likeness (QED) is 0.390. The molecule has 36 heavy (non-hydrogen) atoms. The Hall–Kier alpha value is -4.52. The van der Waals surface area contributed by atoms with Gasteiger partial charge in [0.1, 0.15) is 0 Å². The first-order chi connectivity index (χ1) is 17.6. The fourth-order valence-corrected chi connectivity index (χ4v) is 5.86. The summed E-state index contributed by atoms with van der Waals surface area (Å²) in [6, 6.07) is 19.3. The summed E-state index contributed by atoms with van der Waals surface area (Å²) in [6.45, 7) is 1.85. The maximum Gasteiger partial charge on any atom is 0.281 e. The number of amides is 4. The summed E-state index contributed by atoms with van der Waals surface area (Å²) in [4.78, 5) is 57.0. The van der Waals surface area contributed by atoms with Crippen LogP contribution in [-0.4, -0.2) is 46.7 Å². The number of hydrogen-bond donors (Lipinski definition) is 0. The maximum atomic E-state index is 13.8. The minimum Gasteiger partial charge on any atom is -0.371 e. The van der Waals surface area contributed by atoms with E-state index in [1.807, 2.05) is 24.3 Å². The molecule has 0 aliphatic carbocycles. The second kappa shape index (κ2) is 7.49. The molecule has 7 rings (SSSR count). The summed E-state index contributed by atoms with van der Waals surface area (Å²) in [5.74, 6) is -2.73. The first-order valence-corrected chi connectivity index (χ1v) is 12.2. The molecule has 0 atom stereocenters. The van der Waals surface area contributed by atoms with Crippen LogP contribution >= 0.6 is 0 Å². The van der Waals surface area contributed by atoms with Crippen LogP contribution < -0.4 is 4.90 Å². The number of imide groups is 2. The number of carbonyl (C=O) groups excluding carboxylic acids is 4. The first-order valence-electron chi connectivity index (χ1n) is 12.2. The second-order valence-corrected chi connectivity index (χ2v) is 9.46. The highest BCUT2D eigenvalue weighted by molar-refractivity contribution is 6.31. The highest BCUT2D eigenvalue weighted by Gasteiger charge is 2.45. The number of carbonyl (C=O) groups is 4. The predicted octanol–water partition coefficient (Wildman–Crippen LogP) is 4.79. The third-order valence-electron chi connectivity index (χ3n) is 7.51. The Morgan fingerprint density at radius 3 is 1.58 bits per heavy atom. The Morgan fingerprint density at radius 2 is 1.00 bits per heavy atom. The van der Waals surface area contributed by atoms with Crippen LogP contribution in [0.15, 0.2) is 66.7 Å². The van der Waals surface area contributed by atoms with Crippen LogP contribution in [0.5, 0.6) is 0 Å². The van der Waals surface area contributed by atoms with Crippen LogP contribution in [-0.2, 0) is 0 Å². The fourth-order valence-electron chi connectivity index (χ4n) is 5.86. The minimum atomic E-state index is -0.688. The predicted molar refractivity (Wildman–Crippen MR) is 135 cm³/mol. The zero-order valence-corrected chi connectivity index (χ0v) is 19.4. The van der Waals surface area contributed by atoms with Crippen molar-refractivity contribution in [2.75, 3.05) is 18.0 Å². The molecule has 3 heterocycles. The first kappa shape index (κ1) is 20.8. The van der Waals surface area contributed by atoms with E-state index in [9.17, 15) is 19.2 Å². The highest BCUT2D eigenvalue weighted by Crippen LogP contribution is 2.39. The van der Waals surface area contributed by atoms with Gasteiger partial charge in [0.05, 0.1) is 22.3 Å². The molecule has 176 valence electrons. The number of anilines is 1. The largest absolute Gasteiger partial charge is 0.371 e. The number of hydrazine groups is 1. The van der Waals surface area contributed by atoms with E-state index in [0.717, 1.165) is 47.4 Å². The van der Waals surface area contributed by atoms with E-state index >= 15 is 0 Å². The average Bonchev–Trinajstić information content (AvgIpc) is 2.92. The van der Waals surface area contributed by atoms with Gasteiger partial charge in [-0.15, -0.1) is 0 Å². The Morgan fingerprint density at radius 1 is 0.500 bits per heavy atom. The molecule has 1 fully saturated rings. The number of rotatable bonds is 2. The molecule has 0 aromatic heterocycles. The molecule has 0 bridgehead atoms. The molecule has 3 aliphatic heterocycles. The Labute approximate surface area is 206 Å². The zero-order valence-electron chi connectivity index (χ0n) is 19.4. The normalized spacial score (nSPS) is 17.5. The van der Waals surface area contributed by atoms with Crippen LogP contribution in [0.3, 0.4) is 0 Å². The fraction of sp³-hybridized carbons (Fsp3) is 0.172. The van der Waals surface area contributed by atoms with E-state index in [4.69, 9.17) is 0 Å². The molecule has 0 N–H and O–H groups in total. The lowest BCUT2D eigenvalue weighted by molar-refractivity contribution is 0.00212. The summed E-state index contributed by atoms with van der Waals surface area (Å²) in [5, 5.41) is 4.13. The van der Waals surface area contributed by atoms with Crippen molar-refractivity contribution in [3.8, 4) is 0 Å². The van der Waals surface area contributed by atoms with Crippen molar-refractivity contribution in [1.29, 1.82) is 0 Å². The summed E-state index contributed by atoms with van der Waals surface area (Å²) >= 11 is 0. The van der Waals surface area contributed by atoms with E-state index in [2.05, 4.69) is 4.90 Å². The Kier molecular flexibility index (Phi) is 4.33. The van der Waals surface area contributed by atoms with Crippen molar-refractivity contribution in [2.24, 2.45) is 0 Å². The number of nitrogens with zero attached hydrogens (tertiary/aromatic N) is 3. The lowest BCUT2D eigenvalue weighted by Crippen LogP contribution is -2.58. The molecule has 0 unspecified atom stereocenters. The van der Waals surface area contributed by atoms with Gasteiger partial charge in [-0.05, 0) is 55.0 Å². The van der Waals surface area contributed by atoms with E-state index in [-0.39, 0.29) is 11.1 Å². The van der Waals surface area contributed by atoms with Crippen molar-refractivity contribution >= 4 is 50.9 Å². The molecule has 0 saturated carbocycles. The van der Waals surface area contributed by atoms with E-state index in [0.29, 0.717) is 26.9 Å². The van der Waals surface area contributed by atoms with Gasteiger partial charge in [-0.2, -0.15) is 10.0 Å². The van der Waals surface area contributed by atoms with E-state index in [1.54, 1.807) is 42.5 Å². The minimum absolute atomic E-state index is 0.285. The standard InChI is InChI=1S/C29H21N3O4/c33-26-19-10-4-7-17-8-5-11-20(24(17)19)27(34)31(26)32-28(35)21-12-6-9-18-23(30-15-2-1-3-16-30)14-13-22(25(18)21)29(32)36/h4-14H,1-3,15-16H2. The van der Waals surface area contributed by atoms with Gasteiger partial charge in [0, 0.05) is 34.9 Å². The number of hydrogen-bond acceptors (Lipinski definition) is 5. The Balaban J connectivity index is 1.38. The SMILES string of the molecule is O=C1c2cccc3cccc(c23)C(=O)N1N1C(=O)c2cccc3c(N4CCCCC4)ccc(c23)C1=O. The number of benzene rings is 4. The molecular formula is C29H21N3O4.